The molecule has 150 valence electrons. The average Bonchev–Trinajstić information content (AvgIpc) is 3.37. The number of nitrogens with zero attached hydrogens (tertiary/aromatic N) is 5. The highest BCUT2D eigenvalue weighted by Crippen LogP contribution is 2.28. The maximum atomic E-state index is 12.5. The van der Waals surface area contributed by atoms with Crippen molar-refractivity contribution in [1.29, 1.82) is 0 Å². The zero-order chi connectivity index (χ0) is 18.6. The van der Waals surface area contributed by atoms with Crippen molar-refractivity contribution in [3.05, 3.63) is 24.0 Å². The maximum absolute atomic E-state index is 12.5. The van der Waals surface area contributed by atoms with E-state index in [-0.39, 0.29) is 24.0 Å². The van der Waals surface area contributed by atoms with Crippen molar-refractivity contribution in [3.8, 4) is 5.75 Å². The summed E-state index contributed by atoms with van der Waals surface area (Å²) in [6.45, 7) is 1.79. The fraction of sp³-hybridized carbons (Fsp3) is 0.471. The molecule has 1 aliphatic rings. The van der Waals surface area contributed by atoms with Gasteiger partial charge in [0.15, 0.2) is 22.5 Å². The fourth-order valence-corrected chi connectivity index (χ4v) is 3.27. The second kappa shape index (κ2) is 8.98. The van der Waals surface area contributed by atoms with Gasteiger partial charge in [0, 0.05) is 12.6 Å². The Morgan fingerprint density at radius 3 is 3.00 bits per heavy atom. The molecular formula is C17H22ClN7O3. The van der Waals surface area contributed by atoms with E-state index in [1.54, 1.807) is 23.0 Å². The van der Waals surface area contributed by atoms with Gasteiger partial charge in [-0.3, -0.25) is 9.48 Å². The molecule has 1 aliphatic heterocycles. The van der Waals surface area contributed by atoms with Gasteiger partial charge in [-0.05, 0) is 48.3 Å². The standard InChI is InChI=1S/C17H21N7O3.ClH/c1-26-14-6-5-12(15-16(14)22-27-21-15)19-17(25)13-10-24(23-20-13)9-7-11-4-2-3-8-18-11;/h5-6,10-11,18H,2-4,7-9H2,1H3,(H,19,25);1H. The summed E-state index contributed by atoms with van der Waals surface area (Å²) in [5.41, 5.74) is 1.57. The van der Waals surface area contributed by atoms with E-state index >= 15 is 0 Å². The number of ether oxygens (including phenoxy) is 1. The van der Waals surface area contributed by atoms with Gasteiger partial charge < -0.3 is 15.4 Å². The number of carbonyl (C=O) groups is 1. The SMILES string of the molecule is COc1ccc(NC(=O)c2cn(CCC3CCCCN3)nn2)c2nonc12.Cl. The maximum Gasteiger partial charge on any atom is 0.277 e. The first-order chi connectivity index (χ1) is 13.2. The number of hydrogen-bond acceptors (Lipinski definition) is 8. The minimum Gasteiger partial charge on any atom is -0.494 e. The monoisotopic (exact) mass is 407 g/mol. The van der Waals surface area contributed by atoms with Crippen LogP contribution in [0.15, 0.2) is 23.0 Å². The van der Waals surface area contributed by atoms with Gasteiger partial charge in [-0.25, -0.2) is 4.63 Å². The first-order valence-electron chi connectivity index (χ1n) is 8.98. The summed E-state index contributed by atoms with van der Waals surface area (Å²) < 4.78 is 11.7. The summed E-state index contributed by atoms with van der Waals surface area (Å²) in [6, 6.07) is 3.88. The molecule has 0 spiro atoms. The van der Waals surface area contributed by atoms with E-state index in [2.05, 4.69) is 31.3 Å². The van der Waals surface area contributed by atoms with E-state index in [4.69, 9.17) is 9.37 Å². The lowest BCUT2D eigenvalue weighted by Crippen LogP contribution is -2.34. The molecule has 0 bridgehead atoms. The van der Waals surface area contributed by atoms with Crippen LogP contribution in [0.4, 0.5) is 5.69 Å². The van der Waals surface area contributed by atoms with Gasteiger partial charge >= 0.3 is 0 Å². The lowest BCUT2D eigenvalue weighted by atomic mass is 10.0. The largest absolute Gasteiger partial charge is 0.494 e. The minimum absolute atomic E-state index is 0. The van der Waals surface area contributed by atoms with Crippen LogP contribution in [0.2, 0.25) is 0 Å². The number of aryl methyl sites for hydroxylation is 1. The Hall–Kier alpha value is -2.72. The Balaban J connectivity index is 0.00000225. The Kier molecular flexibility index (Phi) is 6.42. The van der Waals surface area contributed by atoms with E-state index < -0.39 is 0 Å². The highest BCUT2D eigenvalue weighted by Gasteiger charge is 2.18. The minimum atomic E-state index is -0.369. The fourth-order valence-electron chi connectivity index (χ4n) is 3.27. The van der Waals surface area contributed by atoms with Crippen molar-refractivity contribution in [1.82, 2.24) is 30.6 Å². The van der Waals surface area contributed by atoms with E-state index in [1.807, 2.05) is 0 Å². The molecule has 0 saturated carbocycles. The Morgan fingerprint density at radius 2 is 2.21 bits per heavy atom. The number of benzene rings is 1. The van der Waals surface area contributed by atoms with Crippen LogP contribution in [0.5, 0.6) is 5.75 Å². The number of carbonyl (C=O) groups excluding carboxylic acids is 1. The molecule has 1 fully saturated rings. The third kappa shape index (κ3) is 4.23. The summed E-state index contributed by atoms with van der Waals surface area (Å²) in [4.78, 5) is 12.5. The van der Waals surface area contributed by atoms with Crippen LogP contribution in [0.1, 0.15) is 36.2 Å². The summed E-state index contributed by atoms with van der Waals surface area (Å²) in [6.07, 6.45) is 6.30. The van der Waals surface area contributed by atoms with Gasteiger partial charge in [0.2, 0.25) is 0 Å². The number of hydrogen-bond donors (Lipinski definition) is 2. The molecule has 2 N–H and O–H groups in total. The number of piperidine rings is 1. The smallest absolute Gasteiger partial charge is 0.277 e. The summed E-state index contributed by atoms with van der Waals surface area (Å²) in [5, 5.41) is 21.9. The molecule has 1 atom stereocenters. The molecule has 10 nitrogen and oxygen atoms in total. The van der Waals surface area contributed by atoms with Crippen molar-refractivity contribution in [3.63, 3.8) is 0 Å². The second-order valence-corrected chi connectivity index (χ2v) is 6.53. The molecule has 11 heteroatoms. The third-order valence-electron chi connectivity index (χ3n) is 4.74. The normalized spacial score (nSPS) is 16.5. The number of anilines is 1. The van der Waals surface area contributed by atoms with Gasteiger partial charge in [0.25, 0.3) is 5.91 Å². The number of fused-ring (bicyclic) bond motifs is 1. The Morgan fingerprint density at radius 1 is 1.36 bits per heavy atom. The molecule has 1 amide bonds. The lowest BCUT2D eigenvalue weighted by molar-refractivity contribution is 0.102. The number of amides is 1. The van der Waals surface area contributed by atoms with E-state index in [1.165, 1.54) is 26.4 Å². The van der Waals surface area contributed by atoms with Crippen molar-refractivity contribution in [2.75, 3.05) is 19.0 Å². The summed E-state index contributed by atoms with van der Waals surface area (Å²) >= 11 is 0. The quantitative estimate of drug-likeness (QED) is 0.636. The van der Waals surface area contributed by atoms with E-state index in [9.17, 15) is 4.79 Å². The predicted molar refractivity (Wildman–Crippen MR) is 104 cm³/mol. The van der Waals surface area contributed by atoms with Crippen LogP contribution in [-0.4, -0.2) is 50.9 Å². The number of nitrogens with one attached hydrogen (secondary N) is 2. The van der Waals surface area contributed by atoms with Crippen molar-refractivity contribution < 1.29 is 14.2 Å². The number of aromatic nitrogens is 5. The molecule has 4 rings (SSSR count). The molecule has 28 heavy (non-hydrogen) atoms. The Labute approximate surface area is 167 Å². The van der Waals surface area contributed by atoms with Crippen molar-refractivity contribution in [2.24, 2.45) is 0 Å². The highest BCUT2D eigenvalue weighted by atomic mass is 35.5. The molecule has 2 aromatic heterocycles. The van der Waals surface area contributed by atoms with Gasteiger partial charge in [0.05, 0.1) is 19.0 Å². The van der Waals surface area contributed by atoms with Crippen LogP contribution >= 0.6 is 12.4 Å². The lowest BCUT2D eigenvalue weighted by Gasteiger charge is -2.23. The van der Waals surface area contributed by atoms with Crippen LogP contribution in [-0.2, 0) is 6.54 Å². The highest BCUT2D eigenvalue weighted by molar-refractivity contribution is 6.07. The molecule has 3 aromatic rings. The third-order valence-corrected chi connectivity index (χ3v) is 4.74. The van der Waals surface area contributed by atoms with Crippen molar-refractivity contribution >= 4 is 35.0 Å². The molecule has 1 unspecified atom stereocenters. The number of halogens is 1. The molecular weight excluding hydrogens is 386 g/mol. The second-order valence-electron chi connectivity index (χ2n) is 6.53. The topological polar surface area (TPSA) is 120 Å². The molecule has 0 radical (unpaired) electrons. The van der Waals surface area contributed by atoms with Gasteiger partial charge in [-0.15, -0.1) is 17.5 Å². The number of methoxy groups -OCH3 is 1. The van der Waals surface area contributed by atoms with Crippen LogP contribution in [0.3, 0.4) is 0 Å². The predicted octanol–water partition coefficient (Wildman–Crippen LogP) is 2.03. The van der Waals surface area contributed by atoms with E-state index in [0.29, 0.717) is 28.5 Å². The Bertz CT molecular complexity index is 936. The zero-order valence-electron chi connectivity index (χ0n) is 15.4. The van der Waals surface area contributed by atoms with Crippen LogP contribution in [0, 0.1) is 0 Å². The van der Waals surface area contributed by atoms with Gasteiger partial charge in [-0.1, -0.05) is 11.6 Å². The van der Waals surface area contributed by atoms with Gasteiger partial charge in [-0.2, -0.15) is 0 Å². The van der Waals surface area contributed by atoms with E-state index in [0.717, 1.165) is 19.5 Å². The first-order valence-corrected chi connectivity index (χ1v) is 8.98. The molecule has 1 aromatic carbocycles. The molecule has 3 heterocycles. The van der Waals surface area contributed by atoms with Crippen LogP contribution in [0.25, 0.3) is 11.0 Å². The molecule has 0 aliphatic carbocycles. The van der Waals surface area contributed by atoms with Gasteiger partial charge in [0.1, 0.15) is 0 Å². The number of rotatable bonds is 6. The van der Waals surface area contributed by atoms with Crippen LogP contribution < -0.4 is 15.4 Å². The summed E-state index contributed by atoms with van der Waals surface area (Å²) in [7, 11) is 1.53. The average molecular weight is 408 g/mol. The van der Waals surface area contributed by atoms with Crippen molar-refractivity contribution in [2.45, 2.75) is 38.3 Å². The molecule has 1 saturated heterocycles. The first kappa shape index (κ1) is 20.0. The summed E-state index contributed by atoms with van der Waals surface area (Å²) in [5.74, 6) is 0.151. The zero-order valence-corrected chi connectivity index (χ0v) is 16.2.